The number of amides is 1. The van der Waals surface area contributed by atoms with Crippen LogP contribution >= 0.6 is 22.0 Å². The summed E-state index contributed by atoms with van der Waals surface area (Å²) in [6, 6.07) is 3.39. The summed E-state index contributed by atoms with van der Waals surface area (Å²) in [6.45, 7) is 2.87. The quantitative estimate of drug-likeness (QED) is 0.798. The molecule has 7 heteroatoms. The minimum Gasteiger partial charge on any atom is -0.340 e. The van der Waals surface area contributed by atoms with Gasteiger partial charge in [0, 0.05) is 28.1 Å². The molecule has 20 heavy (non-hydrogen) atoms. The van der Waals surface area contributed by atoms with Crippen LogP contribution in [0.5, 0.6) is 0 Å². The third-order valence-corrected chi connectivity index (χ3v) is 6.75. The molecule has 1 unspecified atom stereocenters. The van der Waals surface area contributed by atoms with E-state index in [4.69, 9.17) is 10.7 Å². The van der Waals surface area contributed by atoms with Gasteiger partial charge >= 0.3 is 0 Å². The standard InChI is InChI=1S/C13H18ClNO3S2/c1-10-5-3-2-4-8-15(10)12(16)9-11-6-7-13(19-11)20(14,17)18/h6-7,10H,2-5,8-9H2,1H3. The maximum atomic E-state index is 12.3. The number of carbonyl (C=O) groups excluding carboxylic acids is 1. The lowest BCUT2D eigenvalue weighted by molar-refractivity contribution is -0.132. The van der Waals surface area contributed by atoms with Crippen LogP contribution in [0.1, 0.15) is 37.5 Å². The fourth-order valence-corrected chi connectivity index (χ4v) is 4.59. The van der Waals surface area contributed by atoms with E-state index in [9.17, 15) is 13.2 Å². The van der Waals surface area contributed by atoms with Gasteiger partial charge in [0.15, 0.2) is 0 Å². The van der Waals surface area contributed by atoms with Crippen LogP contribution in [-0.2, 0) is 20.3 Å². The van der Waals surface area contributed by atoms with Gasteiger partial charge in [0.1, 0.15) is 4.21 Å². The van der Waals surface area contributed by atoms with Crippen LogP contribution in [-0.4, -0.2) is 31.8 Å². The zero-order chi connectivity index (χ0) is 14.8. The lowest BCUT2D eigenvalue weighted by Gasteiger charge is -2.27. The second-order valence-electron chi connectivity index (χ2n) is 5.12. The van der Waals surface area contributed by atoms with Crippen LogP contribution in [0.15, 0.2) is 16.3 Å². The molecular formula is C13H18ClNO3S2. The van der Waals surface area contributed by atoms with E-state index in [1.165, 1.54) is 18.9 Å². The van der Waals surface area contributed by atoms with Crippen molar-refractivity contribution in [3.63, 3.8) is 0 Å². The second kappa shape index (κ2) is 6.45. The third kappa shape index (κ3) is 3.96. The highest BCUT2D eigenvalue weighted by molar-refractivity contribution is 8.15. The zero-order valence-corrected chi connectivity index (χ0v) is 13.7. The number of hydrogen-bond acceptors (Lipinski definition) is 4. The van der Waals surface area contributed by atoms with Crippen molar-refractivity contribution < 1.29 is 13.2 Å². The van der Waals surface area contributed by atoms with E-state index >= 15 is 0 Å². The summed E-state index contributed by atoms with van der Waals surface area (Å²) in [4.78, 5) is 15.0. The second-order valence-corrected chi connectivity index (χ2v) is 9.08. The van der Waals surface area contributed by atoms with Gasteiger partial charge in [0.05, 0.1) is 6.42 Å². The maximum absolute atomic E-state index is 12.3. The molecule has 1 atom stereocenters. The Labute approximate surface area is 128 Å². The predicted octanol–water partition coefficient (Wildman–Crippen LogP) is 3.01. The van der Waals surface area contributed by atoms with Crippen molar-refractivity contribution >= 4 is 37.0 Å². The Morgan fingerprint density at radius 2 is 2.15 bits per heavy atom. The molecule has 1 aliphatic heterocycles. The molecule has 1 saturated heterocycles. The van der Waals surface area contributed by atoms with Gasteiger partial charge in [-0.1, -0.05) is 12.8 Å². The van der Waals surface area contributed by atoms with E-state index in [2.05, 4.69) is 6.92 Å². The van der Waals surface area contributed by atoms with Gasteiger partial charge in [-0.2, -0.15) is 0 Å². The first kappa shape index (κ1) is 15.8. The number of likely N-dealkylation sites (tertiary alicyclic amines) is 1. The molecule has 0 saturated carbocycles. The first-order valence-corrected chi connectivity index (χ1v) is 9.83. The third-order valence-electron chi connectivity index (χ3n) is 3.58. The molecule has 4 nitrogen and oxygen atoms in total. The fraction of sp³-hybridized carbons (Fsp3) is 0.615. The smallest absolute Gasteiger partial charge is 0.270 e. The van der Waals surface area contributed by atoms with E-state index in [1.807, 2.05) is 4.90 Å². The number of carbonyl (C=O) groups is 1. The van der Waals surface area contributed by atoms with E-state index in [-0.39, 0.29) is 22.6 Å². The number of thiophene rings is 1. The van der Waals surface area contributed by atoms with Crippen molar-refractivity contribution in [1.82, 2.24) is 4.90 Å². The molecule has 1 aromatic heterocycles. The van der Waals surface area contributed by atoms with Gasteiger partial charge in [-0.05, 0) is 31.9 Å². The summed E-state index contributed by atoms with van der Waals surface area (Å²) >= 11 is 1.07. The normalized spacial score (nSPS) is 20.7. The van der Waals surface area contributed by atoms with Gasteiger partial charge < -0.3 is 4.90 Å². The van der Waals surface area contributed by atoms with Crippen molar-refractivity contribution in [2.24, 2.45) is 0 Å². The molecule has 0 bridgehead atoms. The maximum Gasteiger partial charge on any atom is 0.270 e. The minimum absolute atomic E-state index is 0.0692. The highest BCUT2D eigenvalue weighted by atomic mass is 35.7. The summed E-state index contributed by atoms with van der Waals surface area (Å²) < 4.78 is 22.5. The van der Waals surface area contributed by atoms with E-state index in [1.54, 1.807) is 6.07 Å². The molecule has 0 N–H and O–H groups in total. The molecule has 0 radical (unpaired) electrons. The highest BCUT2D eigenvalue weighted by Gasteiger charge is 2.23. The Kier molecular flexibility index (Phi) is 5.09. The van der Waals surface area contributed by atoms with Crippen LogP contribution < -0.4 is 0 Å². The lowest BCUT2D eigenvalue weighted by Crippen LogP contribution is -2.39. The molecule has 0 spiro atoms. The first-order valence-electron chi connectivity index (χ1n) is 6.71. The predicted molar refractivity (Wildman–Crippen MR) is 80.7 cm³/mol. The fourth-order valence-electron chi connectivity index (χ4n) is 2.48. The van der Waals surface area contributed by atoms with E-state index in [0.29, 0.717) is 0 Å². The summed E-state index contributed by atoms with van der Waals surface area (Å²) in [7, 11) is 1.60. The number of halogens is 1. The van der Waals surface area contributed by atoms with Crippen molar-refractivity contribution in [2.45, 2.75) is 49.3 Å². The zero-order valence-electron chi connectivity index (χ0n) is 11.3. The van der Waals surface area contributed by atoms with Crippen molar-refractivity contribution in [2.75, 3.05) is 6.54 Å². The average molecular weight is 336 g/mol. The van der Waals surface area contributed by atoms with Crippen molar-refractivity contribution in [3.8, 4) is 0 Å². The average Bonchev–Trinajstić information content (AvgIpc) is 2.71. The number of hydrogen-bond donors (Lipinski definition) is 0. The molecule has 1 aromatic rings. The number of rotatable bonds is 3. The Hall–Kier alpha value is -0.590. The van der Waals surface area contributed by atoms with Gasteiger partial charge in [-0.3, -0.25) is 4.79 Å². The summed E-state index contributed by atoms with van der Waals surface area (Å²) in [5.41, 5.74) is 0. The molecular weight excluding hydrogens is 318 g/mol. The van der Waals surface area contributed by atoms with Crippen LogP contribution in [0.25, 0.3) is 0 Å². The first-order chi connectivity index (χ1) is 9.38. The summed E-state index contributed by atoms with van der Waals surface area (Å²) in [5.74, 6) is 0.0692. The van der Waals surface area contributed by atoms with Crippen LogP contribution in [0.2, 0.25) is 0 Å². The Morgan fingerprint density at radius 1 is 1.40 bits per heavy atom. The summed E-state index contributed by atoms with van der Waals surface area (Å²) in [6.07, 6.45) is 4.67. The lowest BCUT2D eigenvalue weighted by atomic mass is 10.1. The van der Waals surface area contributed by atoms with Gasteiger partial charge in [0.25, 0.3) is 9.05 Å². The number of nitrogens with zero attached hydrogens (tertiary/aromatic N) is 1. The van der Waals surface area contributed by atoms with Gasteiger partial charge in [0.2, 0.25) is 5.91 Å². The van der Waals surface area contributed by atoms with Crippen LogP contribution in [0.3, 0.4) is 0 Å². The minimum atomic E-state index is -3.69. The Balaban J connectivity index is 2.05. The van der Waals surface area contributed by atoms with Crippen LogP contribution in [0.4, 0.5) is 0 Å². The molecule has 1 fully saturated rings. The summed E-state index contributed by atoms with van der Waals surface area (Å²) in [5, 5.41) is 0. The van der Waals surface area contributed by atoms with Gasteiger partial charge in [-0.15, -0.1) is 11.3 Å². The van der Waals surface area contributed by atoms with E-state index < -0.39 is 9.05 Å². The molecule has 2 rings (SSSR count). The molecule has 1 amide bonds. The molecule has 0 aliphatic carbocycles. The Morgan fingerprint density at radius 3 is 2.80 bits per heavy atom. The van der Waals surface area contributed by atoms with Gasteiger partial charge in [-0.25, -0.2) is 8.42 Å². The molecule has 112 valence electrons. The van der Waals surface area contributed by atoms with Crippen molar-refractivity contribution in [3.05, 3.63) is 17.0 Å². The van der Waals surface area contributed by atoms with E-state index in [0.717, 1.165) is 35.6 Å². The highest BCUT2D eigenvalue weighted by Crippen LogP contribution is 2.26. The van der Waals surface area contributed by atoms with Crippen LogP contribution in [0, 0.1) is 0 Å². The monoisotopic (exact) mass is 335 g/mol. The van der Waals surface area contributed by atoms with Crippen molar-refractivity contribution in [1.29, 1.82) is 0 Å². The SMILES string of the molecule is CC1CCCCCN1C(=O)Cc1ccc(S(=O)(=O)Cl)s1. The Bertz CT molecular complexity index is 582. The molecule has 0 aromatic carbocycles. The molecule has 2 heterocycles. The largest absolute Gasteiger partial charge is 0.340 e. The topological polar surface area (TPSA) is 54.5 Å². The molecule has 1 aliphatic rings.